The van der Waals surface area contributed by atoms with Crippen LogP contribution in [-0.2, 0) is 7.05 Å². The molecule has 0 saturated carbocycles. The zero-order valence-corrected chi connectivity index (χ0v) is 13.8. The van der Waals surface area contributed by atoms with E-state index in [9.17, 15) is 4.79 Å². The molecule has 2 aromatic heterocycles. The second kappa shape index (κ2) is 5.70. The minimum absolute atomic E-state index is 0.111. The largest absolute Gasteiger partial charge is 0.352 e. The van der Waals surface area contributed by atoms with Gasteiger partial charge in [-0.25, -0.2) is 0 Å². The van der Waals surface area contributed by atoms with Crippen molar-refractivity contribution in [3.8, 4) is 0 Å². The van der Waals surface area contributed by atoms with E-state index < -0.39 is 0 Å². The fourth-order valence-corrected chi connectivity index (χ4v) is 3.86. The Morgan fingerprint density at radius 1 is 1.09 bits per heavy atom. The summed E-state index contributed by atoms with van der Waals surface area (Å²) in [4.78, 5) is 16.8. The van der Waals surface area contributed by atoms with Crippen LogP contribution in [0.5, 0.6) is 0 Å². The number of benzene rings is 1. The SMILES string of the molecule is Cn1cccc1C(=O)N1CCN(c2nsc3ccccc23)CC1. The van der Waals surface area contributed by atoms with Crippen LogP contribution in [-0.4, -0.2) is 45.9 Å². The number of carbonyl (C=O) groups excluding carboxylic acids is 1. The Morgan fingerprint density at radius 2 is 1.87 bits per heavy atom. The van der Waals surface area contributed by atoms with Crippen LogP contribution in [0.2, 0.25) is 0 Å². The Labute approximate surface area is 138 Å². The maximum atomic E-state index is 12.6. The van der Waals surface area contributed by atoms with E-state index in [-0.39, 0.29) is 5.91 Å². The summed E-state index contributed by atoms with van der Waals surface area (Å²) in [6.45, 7) is 3.11. The minimum atomic E-state index is 0.111. The molecule has 1 aliphatic rings. The van der Waals surface area contributed by atoms with Crippen LogP contribution in [0.25, 0.3) is 10.1 Å². The predicted molar refractivity (Wildman–Crippen MR) is 93.1 cm³/mol. The Balaban J connectivity index is 1.49. The Bertz CT molecular complexity index is 845. The summed E-state index contributed by atoms with van der Waals surface area (Å²) in [5, 5.41) is 1.21. The molecule has 4 rings (SSSR count). The van der Waals surface area contributed by atoms with Gasteiger partial charge in [0.2, 0.25) is 0 Å². The van der Waals surface area contributed by atoms with Gasteiger partial charge in [-0.3, -0.25) is 4.79 Å². The second-order valence-electron chi connectivity index (χ2n) is 5.79. The Morgan fingerprint density at radius 3 is 2.61 bits per heavy atom. The van der Waals surface area contributed by atoms with Crippen LogP contribution in [0.15, 0.2) is 42.6 Å². The zero-order chi connectivity index (χ0) is 15.8. The van der Waals surface area contributed by atoms with Gasteiger partial charge in [-0.1, -0.05) is 12.1 Å². The van der Waals surface area contributed by atoms with E-state index in [4.69, 9.17) is 0 Å². The molecule has 23 heavy (non-hydrogen) atoms. The molecule has 1 fully saturated rings. The van der Waals surface area contributed by atoms with E-state index in [1.54, 1.807) is 0 Å². The molecular weight excluding hydrogens is 308 g/mol. The van der Waals surface area contributed by atoms with Crippen LogP contribution in [0, 0.1) is 0 Å². The van der Waals surface area contributed by atoms with Crippen molar-refractivity contribution in [2.24, 2.45) is 7.05 Å². The highest BCUT2D eigenvalue weighted by atomic mass is 32.1. The number of fused-ring (bicyclic) bond motifs is 1. The molecule has 0 N–H and O–H groups in total. The first-order valence-corrected chi connectivity index (χ1v) is 8.51. The lowest BCUT2D eigenvalue weighted by Crippen LogP contribution is -2.49. The average Bonchev–Trinajstić information content (AvgIpc) is 3.20. The molecule has 0 spiro atoms. The summed E-state index contributed by atoms with van der Waals surface area (Å²) in [5.74, 6) is 1.16. The number of aromatic nitrogens is 2. The Hall–Kier alpha value is -2.34. The summed E-state index contributed by atoms with van der Waals surface area (Å²) < 4.78 is 7.70. The van der Waals surface area contributed by atoms with E-state index >= 15 is 0 Å². The van der Waals surface area contributed by atoms with Crippen LogP contribution in [0.4, 0.5) is 5.82 Å². The van der Waals surface area contributed by atoms with E-state index in [1.165, 1.54) is 21.6 Å². The lowest BCUT2D eigenvalue weighted by Gasteiger charge is -2.35. The van der Waals surface area contributed by atoms with Crippen LogP contribution < -0.4 is 4.90 Å². The highest BCUT2D eigenvalue weighted by Crippen LogP contribution is 2.29. The van der Waals surface area contributed by atoms with Crippen molar-refractivity contribution in [1.82, 2.24) is 13.8 Å². The molecule has 0 atom stereocenters. The van der Waals surface area contributed by atoms with Crippen molar-refractivity contribution < 1.29 is 4.79 Å². The van der Waals surface area contributed by atoms with Crippen molar-refractivity contribution in [1.29, 1.82) is 0 Å². The number of hydrogen-bond acceptors (Lipinski definition) is 4. The van der Waals surface area contributed by atoms with Gasteiger partial charge in [0, 0.05) is 44.8 Å². The third kappa shape index (κ3) is 2.49. The zero-order valence-electron chi connectivity index (χ0n) is 13.0. The topological polar surface area (TPSA) is 41.4 Å². The van der Waals surface area contributed by atoms with Gasteiger partial charge in [0.05, 0.1) is 4.70 Å². The predicted octanol–water partition coefficient (Wildman–Crippen LogP) is 2.60. The van der Waals surface area contributed by atoms with E-state index in [2.05, 4.69) is 27.5 Å². The number of hydrogen-bond donors (Lipinski definition) is 0. The molecule has 5 nitrogen and oxygen atoms in total. The number of anilines is 1. The number of piperazine rings is 1. The first kappa shape index (κ1) is 14.3. The molecule has 3 heterocycles. The molecule has 0 bridgehead atoms. The first-order chi connectivity index (χ1) is 11.2. The molecule has 1 aromatic carbocycles. The number of nitrogens with zero attached hydrogens (tertiary/aromatic N) is 4. The summed E-state index contributed by atoms with van der Waals surface area (Å²) >= 11 is 1.54. The molecule has 3 aromatic rings. The van der Waals surface area contributed by atoms with Crippen molar-refractivity contribution in [3.63, 3.8) is 0 Å². The molecule has 6 heteroatoms. The molecule has 1 aliphatic heterocycles. The quantitative estimate of drug-likeness (QED) is 0.727. The van der Waals surface area contributed by atoms with Gasteiger partial charge in [-0.2, -0.15) is 4.37 Å². The molecule has 1 saturated heterocycles. The third-order valence-corrected chi connectivity index (χ3v) is 5.20. The van der Waals surface area contributed by atoms with Crippen LogP contribution in [0.3, 0.4) is 0 Å². The molecule has 0 aliphatic carbocycles. The fraction of sp³-hybridized carbons (Fsp3) is 0.294. The monoisotopic (exact) mass is 326 g/mol. The van der Waals surface area contributed by atoms with Gasteiger partial charge in [0.25, 0.3) is 5.91 Å². The Kier molecular flexibility index (Phi) is 3.53. The highest BCUT2D eigenvalue weighted by molar-refractivity contribution is 7.13. The minimum Gasteiger partial charge on any atom is -0.352 e. The standard InChI is InChI=1S/C17H18N4OS/c1-19-8-4-6-14(19)17(22)21-11-9-20(10-12-21)16-13-5-2-3-7-15(13)23-18-16/h2-8H,9-12H2,1H3. The van der Waals surface area contributed by atoms with Crippen LogP contribution >= 0.6 is 11.5 Å². The van der Waals surface area contributed by atoms with Gasteiger partial charge in [-0.15, -0.1) is 0 Å². The maximum Gasteiger partial charge on any atom is 0.270 e. The van der Waals surface area contributed by atoms with Gasteiger partial charge >= 0.3 is 0 Å². The normalized spacial score (nSPS) is 15.3. The van der Waals surface area contributed by atoms with Crippen molar-refractivity contribution in [2.45, 2.75) is 0 Å². The lowest BCUT2D eigenvalue weighted by atomic mass is 10.2. The average molecular weight is 326 g/mol. The molecule has 118 valence electrons. The van der Waals surface area contributed by atoms with Gasteiger partial charge in [-0.05, 0) is 35.8 Å². The molecule has 0 unspecified atom stereocenters. The summed E-state index contributed by atoms with van der Waals surface area (Å²) in [7, 11) is 1.91. The first-order valence-electron chi connectivity index (χ1n) is 7.74. The van der Waals surface area contributed by atoms with Gasteiger partial charge < -0.3 is 14.4 Å². The summed E-state index contributed by atoms with van der Waals surface area (Å²) in [5.41, 5.74) is 0.748. The number of rotatable bonds is 2. The van der Waals surface area contributed by atoms with E-state index in [1.807, 2.05) is 40.9 Å². The molecular formula is C17H18N4OS. The molecule has 1 amide bonds. The summed E-state index contributed by atoms with van der Waals surface area (Å²) in [6.07, 6.45) is 1.91. The van der Waals surface area contributed by atoms with Crippen LogP contribution in [0.1, 0.15) is 10.5 Å². The fourth-order valence-electron chi connectivity index (χ4n) is 3.07. The number of carbonyl (C=O) groups is 1. The van der Waals surface area contributed by atoms with E-state index in [0.717, 1.165) is 37.7 Å². The van der Waals surface area contributed by atoms with Crippen molar-refractivity contribution in [3.05, 3.63) is 48.3 Å². The summed E-state index contributed by atoms with van der Waals surface area (Å²) in [6, 6.07) is 12.1. The number of amides is 1. The van der Waals surface area contributed by atoms with Crippen molar-refractivity contribution >= 4 is 33.3 Å². The smallest absolute Gasteiger partial charge is 0.270 e. The van der Waals surface area contributed by atoms with Gasteiger partial charge in [0.1, 0.15) is 11.5 Å². The van der Waals surface area contributed by atoms with E-state index in [0.29, 0.717) is 0 Å². The number of aryl methyl sites for hydroxylation is 1. The highest BCUT2D eigenvalue weighted by Gasteiger charge is 2.25. The van der Waals surface area contributed by atoms with Gasteiger partial charge in [0.15, 0.2) is 0 Å². The van der Waals surface area contributed by atoms with Crippen molar-refractivity contribution in [2.75, 3.05) is 31.1 Å². The second-order valence-corrected chi connectivity index (χ2v) is 6.59. The lowest BCUT2D eigenvalue weighted by molar-refractivity contribution is 0.0737. The maximum absolute atomic E-state index is 12.6. The third-order valence-electron chi connectivity index (χ3n) is 4.39. The molecule has 0 radical (unpaired) electrons.